The minimum absolute atomic E-state index is 0.224. The fraction of sp³-hybridized carbons (Fsp3) is 0.160. The molecule has 0 spiro atoms. The number of phenolic OH excluding ortho intramolecular Hbond substituents is 1. The van der Waals surface area contributed by atoms with Gasteiger partial charge in [0, 0.05) is 5.39 Å². The Morgan fingerprint density at radius 2 is 1.90 bits per heavy atom. The van der Waals surface area contributed by atoms with E-state index >= 15 is 0 Å². The smallest absolute Gasteiger partial charge is 0.134 e. The van der Waals surface area contributed by atoms with Crippen LogP contribution in [0.2, 0.25) is 0 Å². The largest absolute Gasteiger partial charge is 0.508 e. The molecule has 29 heavy (non-hydrogen) atoms. The monoisotopic (exact) mass is 385 g/mol. The molecule has 146 valence electrons. The van der Waals surface area contributed by atoms with Crippen LogP contribution in [0.25, 0.3) is 16.5 Å². The molecule has 0 amide bonds. The summed E-state index contributed by atoms with van der Waals surface area (Å²) >= 11 is 0. The SMILES string of the molecule is C=CCC1=CC(=NCc2ccc(O)cc2)C(O)C(c2ccc3oc(C)cc3c2)=C1. The molecule has 3 aromatic rings. The zero-order valence-electron chi connectivity index (χ0n) is 16.3. The zero-order chi connectivity index (χ0) is 20.4. The summed E-state index contributed by atoms with van der Waals surface area (Å²) in [5.74, 6) is 1.08. The summed E-state index contributed by atoms with van der Waals surface area (Å²) in [6.45, 7) is 6.19. The number of furan rings is 1. The molecule has 2 N–H and O–H groups in total. The Morgan fingerprint density at radius 1 is 1.10 bits per heavy atom. The molecule has 1 heterocycles. The first-order valence-electron chi connectivity index (χ1n) is 9.57. The van der Waals surface area contributed by atoms with Crippen LogP contribution in [0.5, 0.6) is 5.75 Å². The van der Waals surface area contributed by atoms with Crippen LogP contribution in [0, 0.1) is 6.92 Å². The maximum absolute atomic E-state index is 11.0. The van der Waals surface area contributed by atoms with E-state index in [2.05, 4.69) is 11.6 Å². The number of hydrogen-bond donors (Lipinski definition) is 2. The fourth-order valence-electron chi connectivity index (χ4n) is 3.55. The molecular weight excluding hydrogens is 362 g/mol. The lowest BCUT2D eigenvalue weighted by Crippen LogP contribution is -2.24. The predicted molar refractivity (Wildman–Crippen MR) is 117 cm³/mol. The maximum atomic E-state index is 11.0. The first-order valence-corrected chi connectivity index (χ1v) is 9.57. The number of aliphatic hydroxyl groups excluding tert-OH is 1. The molecule has 0 radical (unpaired) electrons. The van der Waals surface area contributed by atoms with Gasteiger partial charge < -0.3 is 14.6 Å². The minimum atomic E-state index is -0.814. The molecule has 0 fully saturated rings. The van der Waals surface area contributed by atoms with Crippen LogP contribution in [0.3, 0.4) is 0 Å². The number of aliphatic hydroxyl groups is 1. The first-order chi connectivity index (χ1) is 14.0. The van der Waals surface area contributed by atoms with Crippen LogP contribution < -0.4 is 0 Å². The number of nitrogens with zero attached hydrogens (tertiary/aromatic N) is 1. The summed E-state index contributed by atoms with van der Waals surface area (Å²) in [6.07, 6.45) is 5.67. The Hall–Kier alpha value is -3.37. The average molecular weight is 385 g/mol. The molecule has 4 nitrogen and oxygen atoms in total. The van der Waals surface area contributed by atoms with Gasteiger partial charge >= 0.3 is 0 Å². The fourth-order valence-corrected chi connectivity index (χ4v) is 3.55. The second kappa shape index (κ2) is 7.94. The Balaban J connectivity index is 1.68. The van der Waals surface area contributed by atoms with Crippen molar-refractivity contribution >= 4 is 22.3 Å². The molecule has 4 rings (SSSR count). The quantitative estimate of drug-likeness (QED) is 0.582. The van der Waals surface area contributed by atoms with Gasteiger partial charge in [0.15, 0.2) is 0 Å². The zero-order valence-corrected chi connectivity index (χ0v) is 16.3. The Labute approximate surface area is 169 Å². The Morgan fingerprint density at radius 3 is 2.66 bits per heavy atom. The molecule has 0 aliphatic heterocycles. The normalized spacial score (nSPS) is 18.0. The van der Waals surface area contributed by atoms with Gasteiger partial charge in [-0.05, 0) is 72.0 Å². The molecule has 0 saturated carbocycles. The third-order valence-electron chi connectivity index (χ3n) is 4.98. The summed E-state index contributed by atoms with van der Waals surface area (Å²) in [5, 5.41) is 21.5. The van der Waals surface area contributed by atoms with Crippen LogP contribution in [0.15, 0.2) is 88.3 Å². The molecule has 1 aliphatic rings. The van der Waals surface area contributed by atoms with E-state index in [1.807, 2.05) is 61.5 Å². The third-order valence-corrected chi connectivity index (χ3v) is 4.98. The highest BCUT2D eigenvalue weighted by Gasteiger charge is 2.23. The lowest BCUT2D eigenvalue weighted by molar-refractivity contribution is 0.297. The van der Waals surface area contributed by atoms with Crippen molar-refractivity contribution in [2.75, 3.05) is 0 Å². The van der Waals surface area contributed by atoms with Crippen molar-refractivity contribution in [1.29, 1.82) is 0 Å². The first kappa shape index (κ1) is 19.0. The third kappa shape index (κ3) is 4.08. The van der Waals surface area contributed by atoms with Crippen LogP contribution in [0.1, 0.15) is 23.3 Å². The van der Waals surface area contributed by atoms with Gasteiger partial charge in [-0.15, -0.1) is 6.58 Å². The van der Waals surface area contributed by atoms with Gasteiger partial charge in [0.25, 0.3) is 0 Å². The van der Waals surface area contributed by atoms with Gasteiger partial charge in [-0.2, -0.15) is 0 Å². The molecule has 1 aliphatic carbocycles. The van der Waals surface area contributed by atoms with Gasteiger partial charge in [0.1, 0.15) is 23.2 Å². The van der Waals surface area contributed by atoms with Crippen molar-refractivity contribution in [1.82, 2.24) is 0 Å². The topological polar surface area (TPSA) is 66.0 Å². The number of rotatable bonds is 5. The standard InChI is InChI=1S/C25H23NO3/c1-3-4-18-12-22(19-7-10-24-20(14-19)11-16(2)29-24)25(28)23(13-18)26-15-17-5-8-21(27)9-6-17/h3,5-14,25,27-28H,1,4,15H2,2H3. The summed E-state index contributed by atoms with van der Waals surface area (Å²) in [4.78, 5) is 4.65. The molecule has 1 aromatic heterocycles. The molecule has 4 heteroatoms. The van der Waals surface area contributed by atoms with Gasteiger partial charge in [0.2, 0.25) is 0 Å². The molecular formula is C25H23NO3. The number of aliphatic imine (C=N–C) groups is 1. The van der Waals surface area contributed by atoms with Crippen molar-refractivity contribution < 1.29 is 14.6 Å². The number of aryl methyl sites for hydroxylation is 1. The second-order valence-corrected chi connectivity index (χ2v) is 7.23. The van der Waals surface area contributed by atoms with E-state index in [-0.39, 0.29) is 5.75 Å². The van der Waals surface area contributed by atoms with Gasteiger partial charge in [-0.1, -0.05) is 30.4 Å². The lowest BCUT2D eigenvalue weighted by atomic mass is 9.88. The van der Waals surface area contributed by atoms with Crippen molar-refractivity contribution in [2.45, 2.75) is 26.0 Å². The van der Waals surface area contributed by atoms with E-state index < -0.39 is 6.10 Å². The number of hydrogen-bond acceptors (Lipinski definition) is 4. The highest BCUT2D eigenvalue weighted by atomic mass is 16.3. The molecule has 1 atom stereocenters. The van der Waals surface area contributed by atoms with Gasteiger partial charge in [-0.25, -0.2) is 0 Å². The van der Waals surface area contributed by atoms with E-state index in [0.29, 0.717) is 18.7 Å². The van der Waals surface area contributed by atoms with Crippen LogP contribution in [0.4, 0.5) is 0 Å². The van der Waals surface area contributed by atoms with E-state index in [4.69, 9.17) is 4.42 Å². The van der Waals surface area contributed by atoms with E-state index in [0.717, 1.165) is 39.0 Å². The molecule has 1 unspecified atom stereocenters. The highest BCUT2D eigenvalue weighted by molar-refractivity contribution is 6.09. The van der Waals surface area contributed by atoms with Gasteiger partial charge in [0.05, 0.1) is 12.3 Å². The second-order valence-electron chi connectivity index (χ2n) is 7.23. The molecule has 2 aromatic carbocycles. The van der Waals surface area contributed by atoms with E-state index in [1.54, 1.807) is 12.1 Å². The van der Waals surface area contributed by atoms with Crippen LogP contribution in [-0.4, -0.2) is 22.0 Å². The van der Waals surface area contributed by atoms with Crippen molar-refractivity contribution in [2.24, 2.45) is 4.99 Å². The average Bonchev–Trinajstić information content (AvgIpc) is 3.08. The van der Waals surface area contributed by atoms with Crippen LogP contribution in [-0.2, 0) is 6.54 Å². The summed E-state index contributed by atoms with van der Waals surface area (Å²) in [5.41, 5.74) is 5.23. The number of fused-ring (bicyclic) bond motifs is 1. The van der Waals surface area contributed by atoms with Crippen molar-refractivity contribution in [3.63, 3.8) is 0 Å². The van der Waals surface area contributed by atoms with Crippen molar-refractivity contribution in [3.8, 4) is 5.75 Å². The van der Waals surface area contributed by atoms with Crippen LogP contribution >= 0.6 is 0 Å². The van der Waals surface area contributed by atoms with E-state index in [1.165, 1.54) is 0 Å². The summed E-state index contributed by atoms with van der Waals surface area (Å²) < 4.78 is 5.67. The number of allylic oxidation sites excluding steroid dienone is 3. The van der Waals surface area contributed by atoms with Gasteiger partial charge in [-0.3, -0.25) is 4.99 Å². The predicted octanol–water partition coefficient (Wildman–Crippen LogP) is 5.35. The number of aromatic hydroxyl groups is 1. The lowest BCUT2D eigenvalue weighted by Gasteiger charge is -2.22. The van der Waals surface area contributed by atoms with Crippen molar-refractivity contribution in [3.05, 3.63) is 95.8 Å². The Bertz CT molecular complexity index is 1150. The molecule has 0 bridgehead atoms. The minimum Gasteiger partial charge on any atom is -0.508 e. The maximum Gasteiger partial charge on any atom is 0.134 e. The number of benzene rings is 2. The Kier molecular flexibility index (Phi) is 5.19. The summed E-state index contributed by atoms with van der Waals surface area (Å²) in [7, 11) is 0. The summed E-state index contributed by atoms with van der Waals surface area (Å²) in [6, 6.07) is 14.9. The van der Waals surface area contributed by atoms with E-state index in [9.17, 15) is 10.2 Å². The highest BCUT2D eigenvalue weighted by Crippen LogP contribution is 2.30. The molecule has 0 saturated heterocycles. The number of phenols is 1.